The number of carbonyl (C=O) groups excluding carboxylic acids is 1. The first-order chi connectivity index (χ1) is 11.8. The molecule has 0 radical (unpaired) electrons. The lowest BCUT2D eigenvalue weighted by atomic mass is 10.1. The van der Waals surface area contributed by atoms with E-state index in [0.29, 0.717) is 6.04 Å². The summed E-state index contributed by atoms with van der Waals surface area (Å²) in [4.78, 5) is 17.1. The van der Waals surface area contributed by atoms with Crippen LogP contribution in [0, 0.1) is 0 Å². The van der Waals surface area contributed by atoms with Crippen molar-refractivity contribution < 1.29 is 9.53 Å². The summed E-state index contributed by atoms with van der Waals surface area (Å²) in [5.41, 5.74) is 2.92. The Hall–Kier alpha value is -2.69. The first-order valence-electron chi connectivity index (χ1n) is 8.34. The summed E-state index contributed by atoms with van der Waals surface area (Å²) < 4.78 is 5.16. The van der Waals surface area contributed by atoms with Gasteiger partial charge in [-0.1, -0.05) is 12.1 Å². The number of anilines is 3. The van der Waals surface area contributed by atoms with Crippen molar-refractivity contribution in [3.63, 3.8) is 0 Å². The molecule has 1 N–H and O–H groups in total. The summed E-state index contributed by atoms with van der Waals surface area (Å²) in [6.45, 7) is 1.81. The van der Waals surface area contributed by atoms with Crippen LogP contribution in [0.3, 0.4) is 0 Å². The maximum absolute atomic E-state index is 12.8. The van der Waals surface area contributed by atoms with Crippen molar-refractivity contribution in [2.24, 2.45) is 0 Å². The predicted molar refractivity (Wildman–Crippen MR) is 96.2 cm³/mol. The van der Waals surface area contributed by atoms with E-state index in [4.69, 9.17) is 4.74 Å². The molecule has 0 bridgehead atoms. The van der Waals surface area contributed by atoms with Gasteiger partial charge in [-0.15, -0.1) is 0 Å². The molecule has 2 heterocycles. The Morgan fingerprint density at radius 2 is 1.88 bits per heavy atom. The molecule has 5 heteroatoms. The number of fused-ring (bicyclic) bond motifs is 3. The molecular formula is C19H21N3O2. The highest BCUT2D eigenvalue weighted by molar-refractivity contribution is 6.04. The van der Waals surface area contributed by atoms with Crippen LogP contribution in [0.15, 0.2) is 48.5 Å². The summed E-state index contributed by atoms with van der Waals surface area (Å²) in [6.07, 6.45) is 2.33. The Bertz CT molecular complexity index is 745. The van der Waals surface area contributed by atoms with Gasteiger partial charge in [0.15, 0.2) is 0 Å². The summed E-state index contributed by atoms with van der Waals surface area (Å²) in [6, 6.07) is 15.9. The average Bonchev–Trinajstić information content (AvgIpc) is 3.10. The van der Waals surface area contributed by atoms with Gasteiger partial charge in [0.1, 0.15) is 5.75 Å². The molecule has 0 aliphatic carbocycles. The third-order valence-electron chi connectivity index (χ3n) is 4.84. The summed E-state index contributed by atoms with van der Waals surface area (Å²) >= 11 is 0. The molecule has 0 saturated carbocycles. The second-order valence-corrected chi connectivity index (χ2v) is 6.25. The maximum atomic E-state index is 12.8. The largest absolute Gasteiger partial charge is 0.497 e. The molecule has 4 rings (SSSR count). The normalized spacial score (nSPS) is 18.8. The summed E-state index contributed by atoms with van der Waals surface area (Å²) in [5.74, 6) is 0.776. The first-order valence-corrected chi connectivity index (χ1v) is 8.34. The van der Waals surface area contributed by atoms with E-state index in [0.717, 1.165) is 42.3 Å². The van der Waals surface area contributed by atoms with Crippen molar-refractivity contribution in [1.29, 1.82) is 0 Å². The Morgan fingerprint density at radius 1 is 1.12 bits per heavy atom. The zero-order valence-corrected chi connectivity index (χ0v) is 13.7. The Kier molecular flexibility index (Phi) is 3.76. The third kappa shape index (κ3) is 2.56. The molecule has 2 aliphatic heterocycles. The van der Waals surface area contributed by atoms with E-state index in [1.807, 2.05) is 47.4 Å². The molecule has 0 unspecified atom stereocenters. The Balaban J connectivity index is 1.58. The van der Waals surface area contributed by atoms with Crippen molar-refractivity contribution in [2.75, 3.05) is 35.3 Å². The summed E-state index contributed by atoms with van der Waals surface area (Å²) in [7, 11) is 1.63. The molecule has 5 nitrogen and oxygen atoms in total. The average molecular weight is 323 g/mol. The number of hydrogen-bond acceptors (Lipinski definition) is 3. The number of rotatable bonds is 2. The van der Waals surface area contributed by atoms with Gasteiger partial charge in [0, 0.05) is 24.8 Å². The number of benzene rings is 2. The lowest BCUT2D eigenvalue weighted by molar-refractivity contribution is 0.256. The van der Waals surface area contributed by atoms with Gasteiger partial charge in [0.05, 0.1) is 18.5 Å². The van der Waals surface area contributed by atoms with Crippen LogP contribution in [0.4, 0.5) is 21.9 Å². The number of methoxy groups -OCH3 is 1. The van der Waals surface area contributed by atoms with Crippen molar-refractivity contribution in [1.82, 2.24) is 0 Å². The molecule has 2 aromatic carbocycles. The lowest BCUT2D eigenvalue weighted by Gasteiger charge is -2.40. The quantitative estimate of drug-likeness (QED) is 0.916. The van der Waals surface area contributed by atoms with E-state index in [2.05, 4.69) is 16.3 Å². The van der Waals surface area contributed by atoms with Gasteiger partial charge in [-0.25, -0.2) is 4.79 Å². The van der Waals surface area contributed by atoms with E-state index >= 15 is 0 Å². The van der Waals surface area contributed by atoms with Gasteiger partial charge in [0.2, 0.25) is 0 Å². The van der Waals surface area contributed by atoms with E-state index in [9.17, 15) is 4.79 Å². The van der Waals surface area contributed by atoms with Crippen molar-refractivity contribution in [3.8, 4) is 5.75 Å². The minimum absolute atomic E-state index is 0.0841. The molecule has 2 aliphatic rings. The number of para-hydroxylation sites is 2. The number of ether oxygens (including phenoxy) is 1. The fourth-order valence-electron chi connectivity index (χ4n) is 3.64. The molecule has 2 aromatic rings. The highest BCUT2D eigenvalue weighted by atomic mass is 16.5. The molecule has 0 spiro atoms. The van der Waals surface area contributed by atoms with Crippen LogP contribution in [0.1, 0.15) is 12.8 Å². The third-order valence-corrected chi connectivity index (χ3v) is 4.84. The number of nitrogens with zero attached hydrogens (tertiary/aromatic N) is 2. The van der Waals surface area contributed by atoms with Gasteiger partial charge in [0.25, 0.3) is 0 Å². The van der Waals surface area contributed by atoms with Gasteiger partial charge >= 0.3 is 6.03 Å². The highest BCUT2D eigenvalue weighted by Gasteiger charge is 2.36. The SMILES string of the molecule is COc1ccc(NC(=O)N2C[C@@H]3CCCN3c3ccccc32)cc1. The van der Waals surface area contributed by atoms with Crippen molar-refractivity contribution in [2.45, 2.75) is 18.9 Å². The highest BCUT2D eigenvalue weighted by Crippen LogP contribution is 2.39. The standard InChI is InChI=1S/C19H21N3O2/c1-24-16-10-8-14(9-11-16)20-19(23)22-13-15-5-4-12-21(15)17-6-2-3-7-18(17)22/h2-3,6-11,15H,4-5,12-13H2,1H3,(H,20,23)/t15-/m0/s1. The molecule has 1 atom stereocenters. The number of amides is 2. The van der Waals surface area contributed by atoms with E-state index < -0.39 is 0 Å². The Labute approximate surface area is 141 Å². The molecular weight excluding hydrogens is 302 g/mol. The number of nitrogens with one attached hydrogen (secondary N) is 1. The van der Waals surface area contributed by atoms with Gasteiger partial charge in [-0.3, -0.25) is 4.90 Å². The van der Waals surface area contributed by atoms with Crippen LogP contribution in [-0.2, 0) is 0 Å². The van der Waals surface area contributed by atoms with Crippen molar-refractivity contribution >= 4 is 23.1 Å². The number of urea groups is 1. The van der Waals surface area contributed by atoms with Crippen LogP contribution < -0.4 is 19.9 Å². The first kappa shape index (κ1) is 14.9. The predicted octanol–water partition coefficient (Wildman–Crippen LogP) is 3.72. The van der Waals surface area contributed by atoms with Crippen LogP contribution in [0.2, 0.25) is 0 Å². The zero-order chi connectivity index (χ0) is 16.5. The summed E-state index contributed by atoms with van der Waals surface area (Å²) in [5, 5.41) is 3.00. The second-order valence-electron chi connectivity index (χ2n) is 6.25. The van der Waals surface area contributed by atoms with Crippen LogP contribution >= 0.6 is 0 Å². The van der Waals surface area contributed by atoms with Crippen LogP contribution in [0.5, 0.6) is 5.75 Å². The minimum Gasteiger partial charge on any atom is -0.497 e. The van der Waals surface area contributed by atoms with Crippen LogP contribution in [0.25, 0.3) is 0 Å². The molecule has 1 saturated heterocycles. The van der Waals surface area contributed by atoms with Crippen molar-refractivity contribution in [3.05, 3.63) is 48.5 Å². The van der Waals surface area contributed by atoms with Gasteiger partial charge in [-0.2, -0.15) is 0 Å². The number of carbonyl (C=O) groups is 1. The number of hydrogen-bond donors (Lipinski definition) is 1. The smallest absolute Gasteiger partial charge is 0.326 e. The van der Waals surface area contributed by atoms with E-state index in [1.54, 1.807) is 7.11 Å². The Morgan fingerprint density at radius 3 is 2.62 bits per heavy atom. The molecule has 0 aromatic heterocycles. The zero-order valence-electron chi connectivity index (χ0n) is 13.7. The topological polar surface area (TPSA) is 44.8 Å². The monoisotopic (exact) mass is 323 g/mol. The van der Waals surface area contributed by atoms with Crippen LogP contribution in [-0.4, -0.2) is 32.3 Å². The van der Waals surface area contributed by atoms with E-state index in [-0.39, 0.29) is 6.03 Å². The second kappa shape index (κ2) is 6.07. The molecule has 1 fully saturated rings. The maximum Gasteiger partial charge on any atom is 0.326 e. The molecule has 124 valence electrons. The van der Waals surface area contributed by atoms with E-state index in [1.165, 1.54) is 6.42 Å². The fraction of sp³-hybridized carbons (Fsp3) is 0.316. The van der Waals surface area contributed by atoms with Gasteiger partial charge < -0.3 is 15.0 Å². The van der Waals surface area contributed by atoms with Gasteiger partial charge in [-0.05, 0) is 49.2 Å². The lowest BCUT2D eigenvalue weighted by Crippen LogP contribution is -2.49. The molecule has 2 amide bonds. The fourth-order valence-corrected chi connectivity index (χ4v) is 3.64. The molecule has 24 heavy (non-hydrogen) atoms. The minimum atomic E-state index is -0.0841.